The molecule has 0 bridgehead atoms. The Balaban J connectivity index is 2.00. The van der Waals surface area contributed by atoms with E-state index < -0.39 is 23.5 Å². The van der Waals surface area contributed by atoms with E-state index in [0.717, 1.165) is 19.6 Å². The van der Waals surface area contributed by atoms with Gasteiger partial charge in [0.05, 0.1) is 11.6 Å². The summed E-state index contributed by atoms with van der Waals surface area (Å²) in [6, 6.07) is 11.5. The van der Waals surface area contributed by atoms with E-state index in [4.69, 9.17) is 4.74 Å². The lowest BCUT2D eigenvalue weighted by atomic mass is 9.95. The Hall–Kier alpha value is -3.45. The molecule has 1 saturated heterocycles. The molecule has 3 rings (SSSR count). The van der Waals surface area contributed by atoms with Crippen molar-refractivity contribution in [2.45, 2.75) is 26.3 Å². The minimum absolute atomic E-state index is 0.000734. The Morgan fingerprint density at radius 1 is 1.12 bits per heavy atom. The fraction of sp³-hybridized carbons (Fsp3) is 0.333. The lowest BCUT2D eigenvalue weighted by molar-refractivity contribution is -0.140. The number of rotatable bonds is 11. The summed E-state index contributed by atoms with van der Waals surface area (Å²) in [5.41, 5.74) is 0.953. The third kappa shape index (κ3) is 5.54. The Kier molecular flexibility index (Phi) is 8.60. The fourth-order valence-corrected chi connectivity index (χ4v) is 4.13. The summed E-state index contributed by atoms with van der Waals surface area (Å²) in [6.45, 7) is 11.1. The molecule has 1 aliphatic heterocycles. The van der Waals surface area contributed by atoms with Crippen LogP contribution in [0.1, 0.15) is 37.4 Å². The highest BCUT2D eigenvalue weighted by Crippen LogP contribution is 2.39. The minimum atomic E-state index is -0.754. The first-order valence-corrected chi connectivity index (χ1v) is 11.5. The highest BCUT2D eigenvalue weighted by Gasteiger charge is 2.45. The van der Waals surface area contributed by atoms with Crippen LogP contribution >= 0.6 is 0 Å². The topological polar surface area (TPSA) is 70.1 Å². The predicted molar refractivity (Wildman–Crippen MR) is 130 cm³/mol. The molecule has 1 amide bonds. The number of amides is 1. The molecule has 1 N–H and O–H groups in total. The van der Waals surface area contributed by atoms with Gasteiger partial charge in [-0.3, -0.25) is 9.59 Å². The van der Waals surface area contributed by atoms with Crippen LogP contribution in [0.25, 0.3) is 5.76 Å². The summed E-state index contributed by atoms with van der Waals surface area (Å²) in [5, 5.41) is 11.0. The van der Waals surface area contributed by atoms with Gasteiger partial charge in [-0.15, -0.1) is 0 Å². The fourth-order valence-electron chi connectivity index (χ4n) is 4.13. The van der Waals surface area contributed by atoms with Crippen molar-refractivity contribution in [1.82, 2.24) is 9.80 Å². The molecule has 0 aromatic heterocycles. The Morgan fingerprint density at radius 2 is 1.76 bits per heavy atom. The Labute approximate surface area is 199 Å². The summed E-state index contributed by atoms with van der Waals surface area (Å²) in [5.74, 6) is -1.55. The number of ether oxygens (including phenoxy) is 1. The molecule has 0 spiro atoms. The van der Waals surface area contributed by atoms with Gasteiger partial charge in [-0.2, -0.15) is 0 Å². The molecule has 2 aromatic carbocycles. The molecule has 1 heterocycles. The zero-order valence-electron chi connectivity index (χ0n) is 19.7. The molecular weight excluding hydrogens is 435 g/mol. The van der Waals surface area contributed by atoms with E-state index in [1.165, 1.54) is 29.2 Å². The first-order chi connectivity index (χ1) is 16.4. The van der Waals surface area contributed by atoms with E-state index >= 15 is 0 Å². The maximum absolute atomic E-state index is 13.4. The second-order valence-electron chi connectivity index (χ2n) is 8.05. The quantitative estimate of drug-likeness (QED) is 0.228. The van der Waals surface area contributed by atoms with Crippen molar-refractivity contribution in [3.8, 4) is 5.75 Å². The van der Waals surface area contributed by atoms with Gasteiger partial charge in [0.2, 0.25) is 0 Å². The van der Waals surface area contributed by atoms with Crippen molar-refractivity contribution in [2.75, 3.05) is 32.8 Å². The van der Waals surface area contributed by atoms with Crippen LogP contribution in [0.3, 0.4) is 0 Å². The summed E-state index contributed by atoms with van der Waals surface area (Å²) in [6.07, 6.45) is 2.32. The lowest BCUT2D eigenvalue weighted by Crippen LogP contribution is -2.33. The molecule has 0 aliphatic carbocycles. The van der Waals surface area contributed by atoms with E-state index in [-0.39, 0.29) is 16.9 Å². The van der Waals surface area contributed by atoms with E-state index in [1.807, 2.05) is 0 Å². The van der Waals surface area contributed by atoms with Crippen molar-refractivity contribution in [1.29, 1.82) is 0 Å². The highest BCUT2D eigenvalue weighted by atomic mass is 19.1. The second kappa shape index (κ2) is 11.6. The molecule has 0 saturated carbocycles. The number of hydrogen-bond donors (Lipinski definition) is 1. The molecule has 7 heteroatoms. The van der Waals surface area contributed by atoms with Crippen molar-refractivity contribution in [3.05, 3.63) is 83.7 Å². The summed E-state index contributed by atoms with van der Waals surface area (Å²) < 4.78 is 19.0. The van der Waals surface area contributed by atoms with Gasteiger partial charge in [0.1, 0.15) is 23.9 Å². The van der Waals surface area contributed by atoms with Crippen LogP contribution in [0.5, 0.6) is 5.75 Å². The Morgan fingerprint density at radius 3 is 2.35 bits per heavy atom. The van der Waals surface area contributed by atoms with Crippen LogP contribution in [0.2, 0.25) is 0 Å². The minimum Gasteiger partial charge on any atom is -0.507 e. The van der Waals surface area contributed by atoms with Crippen molar-refractivity contribution >= 4 is 17.4 Å². The van der Waals surface area contributed by atoms with Gasteiger partial charge in [-0.1, -0.05) is 38.6 Å². The number of likely N-dealkylation sites (tertiary alicyclic amines) is 1. The maximum atomic E-state index is 13.4. The predicted octanol–water partition coefficient (Wildman–Crippen LogP) is 4.54. The zero-order chi connectivity index (χ0) is 24.7. The first-order valence-electron chi connectivity index (χ1n) is 11.5. The van der Waals surface area contributed by atoms with E-state index in [9.17, 15) is 19.1 Å². The van der Waals surface area contributed by atoms with Crippen molar-refractivity contribution in [3.63, 3.8) is 0 Å². The number of Topliss-reactive ketones (excluding diaryl/α,β-unsaturated/α-hetero) is 1. The van der Waals surface area contributed by atoms with Crippen LogP contribution in [0.15, 0.2) is 66.8 Å². The number of benzene rings is 2. The zero-order valence-corrected chi connectivity index (χ0v) is 19.7. The monoisotopic (exact) mass is 466 g/mol. The van der Waals surface area contributed by atoms with Gasteiger partial charge < -0.3 is 19.6 Å². The third-order valence-corrected chi connectivity index (χ3v) is 5.99. The van der Waals surface area contributed by atoms with Crippen LogP contribution in [0.4, 0.5) is 4.39 Å². The van der Waals surface area contributed by atoms with E-state index in [2.05, 4.69) is 25.3 Å². The molecule has 0 radical (unpaired) electrons. The largest absolute Gasteiger partial charge is 0.507 e. The maximum Gasteiger partial charge on any atom is 0.295 e. The molecule has 2 aromatic rings. The summed E-state index contributed by atoms with van der Waals surface area (Å²) in [7, 11) is 0. The van der Waals surface area contributed by atoms with Crippen molar-refractivity contribution < 1.29 is 23.8 Å². The van der Waals surface area contributed by atoms with Crippen molar-refractivity contribution in [2.24, 2.45) is 0 Å². The molecular formula is C27H31FN2O4. The summed E-state index contributed by atoms with van der Waals surface area (Å²) in [4.78, 5) is 29.9. The molecule has 34 heavy (non-hydrogen) atoms. The van der Waals surface area contributed by atoms with Crippen LogP contribution in [-0.4, -0.2) is 59.4 Å². The molecule has 6 nitrogen and oxygen atoms in total. The number of aliphatic hydroxyl groups is 1. The lowest BCUT2D eigenvalue weighted by Gasteiger charge is -2.27. The Bertz CT molecular complexity index is 1040. The highest BCUT2D eigenvalue weighted by molar-refractivity contribution is 6.46. The van der Waals surface area contributed by atoms with Crippen LogP contribution in [-0.2, 0) is 9.59 Å². The molecule has 1 fully saturated rings. The number of carbonyl (C=O) groups is 2. The normalized spacial score (nSPS) is 17.4. The molecule has 1 aliphatic rings. The first kappa shape index (κ1) is 25.2. The number of hydrogen-bond acceptors (Lipinski definition) is 5. The van der Waals surface area contributed by atoms with Gasteiger partial charge >= 0.3 is 0 Å². The van der Waals surface area contributed by atoms with Gasteiger partial charge in [-0.05, 0) is 68.0 Å². The number of carbonyl (C=O) groups excluding carboxylic acids is 2. The van der Waals surface area contributed by atoms with E-state index in [0.29, 0.717) is 30.9 Å². The second-order valence-corrected chi connectivity index (χ2v) is 8.05. The smallest absolute Gasteiger partial charge is 0.295 e. The van der Waals surface area contributed by atoms with Gasteiger partial charge in [0.15, 0.2) is 0 Å². The number of ketones is 1. The SMILES string of the molecule is C=CCOc1ccc(C2/C(=C(/O)c3ccc(F)cc3)C(=O)C(=O)N2CCCN(CC)CC)cc1. The number of halogens is 1. The van der Waals surface area contributed by atoms with Gasteiger partial charge in [0.25, 0.3) is 11.7 Å². The molecule has 1 atom stereocenters. The van der Waals surface area contributed by atoms with Crippen LogP contribution < -0.4 is 4.74 Å². The van der Waals surface area contributed by atoms with Crippen LogP contribution in [0, 0.1) is 5.82 Å². The molecule has 1 unspecified atom stereocenters. The average molecular weight is 467 g/mol. The molecule has 180 valence electrons. The van der Waals surface area contributed by atoms with Gasteiger partial charge in [-0.25, -0.2) is 4.39 Å². The standard InChI is InChI=1S/C27H31FN2O4/c1-4-18-34-22-14-10-19(11-15-22)24-23(25(31)20-8-12-21(28)13-9-20)26(32)27(33)30(24)17-7-16-29(5-2)6-3/h4,8-15,24,31H,1,5-7,16-18H2,2-3H3/b25-23-. The third-order valence-electron chi connectivity index (χ3n) is 5.99. The average Bonchev–Trinajstić information content (AvgIpc) is 3.10. The van der Waals surface area contributed by atoms with Gasteiger partial charge in [0, 0.05) is 12.1 Å². The van der Waals surface area contributed by atoms with E-state index in [1.54, 1.807) is 30.3 Å². The number of nitrogens with zero attached hydrogens (tertiary/aromatic N) is 2. The number of aliphatic hydroxyl groups excluding tert-OH is 1. The summed E-state index contributed by atoms with van der Waals surface area (Å²) >= 11 is 0.